The molecule has 0 aliphatic carbocycles. The van der Waals surface area contributed by atoms with Gasteiger partial charge in [-0.3, -0.25) is 14.9 Å². The van der Waals surface area contributed by atoms with Crippen LogP contribution < -0.4 is 5.32 Å². The van der Waals surface area contributed by atoms with Gasteiger partial charge >= 0.3 is 0 Å². The zero-order valence-electron chi connectivity index (χ0n) is 13.5. The maximum Gasteiger partial charge on any atom is 0.144 e. The van der Waals surface area contributed by atoms with Crippen molar-refractivity contribution >= 4 is 5.82 Å². The van der Waals surface area contributed by atoms with Gasteiger partial charge in [-0.05, 0) is 18.6 Å². The number of rotatable bonds is 5. The van der Waals surface area contributed by atoms with Crippen LogP contribution in [0, 0.1) is 5.92 Å². The summed E-state index contributed by atoms with van der Waals surface area (Å²) in [4.78, 5) is 15.6. The summed E-state index contributed by atoms with van der Waals surface area (Å²) in [5, 5.41) is 3.03. The highest BCUT2D eigenvalue weighted by molar-refractivity contribution is 5.30. The lowest BCUT2D eigenvalue weighted by Gasteiger charge is -2.22. The van der Waals surface area contributed by atoms with Crippen LogP contribution in [0.5, 0.6) is 0 Å². The number of nitrogens with one attached hydrogen (secondary N) is 1. The Hall–Kier alpha value is -2.05. The van der Waals surface area contributed by atoms with Crippen LogP contribution in [0.1, 0.15) is 11.4 Å². The summed E-state index contributed by atoms with van der Waals surface area (Å²) >= 11 is 0. The Balaban J connectivity index is 1.62. The van der Waals surface area contributed by atoms with Crippen molar-refractivity contribution in [3.63, 3.8) is 0 Å². The van der Waals surface area contributed by atoms with Crippen LogP contribution in [0.4, 0.5) is 5.82 Å². The monoisotopic (exact) mass is 313 g/mol. The molecule has 1 aliphatic rings. The molecular weight excluding hydrogens is 290 g/mol. The topological polar surface area (TPSA) is 63.2 Å². The molecule has 1 atom stereocenters. The Kier molecular flexibility index (Phi) is 5.50. The van der Waals surface area contributed by atoms with Crippen molar-refractivity contribution < 1.29 is 4.74 Å². The Morgan fingerprint density at radius 3 is 3.09 bits per heavy atom. The molecule has 122 valence electrons. The smallest absolute Gasteiger partial charge is 0.144 e. The number of aromatic nitrogens is 3. The number of nitrogens with zero attached hydrogens (tertiary/aromatic N) is 4. The molecule has 3 heterocycles. The van der Waals surface area contributed by atoms with Gasteiger partial charge in [0.05, 0.1) is 30.8 Å². The van der Waals surface area contributed by atoms with Crippen LogP contribution >= 0.6 is 0 Å². The fraction of sp³-hybridized carbons (Fsp3) is 0.471. The summed E-state index contributed by atoms with van der Waals surface area (Å²) in [7, 11) is 1.86. The first kappa shape index (κ1) is 15.8. The van der Waals surface area contributed by atoms with Crippen molar-refractivity contribution in [2.24, 2.45) is 5.92 Å². The Morgan fingerprint density at radius 1 is 1.30 bits per heavy atom. The molecule has 0 radical (unpaired) electrons. The van der Waals surface area contributed by atoms with Crippen molar-refractivity contribution in [1.82, 2.24) is 19.9 Å². The van der Waals surface area contributed by atoms with E-state index in [1.807, 2.05) is 31.6 Å². The first-order valence-electron chi connectivity index (χ1n) is 8.02. The third-order valence-electron chi connectivity index (χ3n) is 3.97. The van der Waals surface area contributed by atoms with Crippen molar-refractivity contribution in [2.45, 2.75) is 13.0 Å². The Bertz CT molecular complexity index is 607. The van der Waals surface area contributed by atoms with Crippen molar-refractivity contribution in [2.75, 3.05) is 38.7 Å². The molecule has 6 nitrogen and oxygen atoms in total. The second kappa shape index (κ2) is 7.99. The van der Waals surface area contributed by atoms with Gasteiger partial charge in [0.1, 0.15) is 5.82 Å². The van der Waals surface area contributed by atoms with E-state index in [1.165, 1.54) is 0 Å². The van der Waals surface area contributed by atoms with Crippen molar-refractivity contribution in [3.05, 3.63) is 48.2 Å². The largest absolute Gasteiger partial charge is 0.380 e. The molecule has 1 saturated heterocycles. The SMILES string of the molecule is CNc1cncc(CC2COCCN(Cc3ccccn3)C2)n1. The molecule has 1 fully saturated rings. The lowest BCUT2D eigenvalue weighted by molar-refractivity contribution is 0.121. The summed E-state index contributed by atoms with van der Waals surface area (Å²) in [6.45, 7) is 4.33. The van der Waals surface area contributed by atoms with Gasteiger partial charge in [0.25, 0.3) is 0 Å². The minimum Gasteiger partial charge on any atom is -0.380 e. The highest BCUT2D eigenvalue weighted by atomic mass is 16.5. The number of hydrogen-bond acceptors (Lipinski definition) is 6. The third-order valence-corrected chi connectivity index (χ3v) is 3.97. The summed E-state index contributed by atoms with van der Waals surface area (Å²) in [6.07, 6.45) is 6.30. The normalized spacial score (nSPS) is 19.3. The molecule has 1 unspecified atom stereocenters. The summed E-state index contributed by atoms with van der Waals surface area (Å²) in [5.74, 6) is 1.23. The van der Waals surface area contributed by atoms with E-state index in [9.17, 15) is 0 Å². The fourth-order valence-electron chi connectivity index (χ4n) is 2.86. The number of anilines is 1. The van der Waals surface area contributed by atoms with Crippen LogP contribution in [0.2, 0.25) is 0 Å². The molecular formula is C17H23N5O. The average Bonchev–Trinajstić information content (AvgIpc) is 2.81. The molecule has 0 saturated carbocycles. The number of pyridine rings is 1. The minimum absolute atomic E-state index is 0.419. The Labute approximate surface area is 136 Å². The number of hydrogen-bond donors (Lipinski definition) is 1. The molecule has 1 aliphatic heterocycles. The zero-order chi connectivity index (χ0) is 15.9. The molecule has 0 aromatic carbocycles. The zero-order valence-corrected chi connectivity index (χ0v) is 13.5. The standard InChI is InChI=1S/C17H23N5O/c1-18-17-10-19-9-16(21-17)8-14-11-22(6-7-23-13-14)12-15-4-2-3-5-20-15/h2-5,9-10,14H,6-8,11-13H2,1H3,(H,18,21). The van der Waals surface area contributed by atoms with Crippen LogP contribution in [0.15, 0.2) is 36.8 Å². The molecule has 23 heavy (non-hydrogen) atoms. The van der Waals surface area contributed by atoms with Gasteiger partial charge in [-0.15, -0.1) is 0 Å². The van der Waals surface area contributed by atoms with E-state index in [0.717, 1.165) is 56.5 Å². The highest BCUT2D eigenvalue weighted by Crippen LogP contribution is 2.15. The van der Waals surface area contributed by atoms with Crippen LogP contribution in [0.3, 0.4) is 0 Å². The summed E-state index contributed by atoms with van der Waals surface area (Å²) < 4.78 is 5.78. The van der Waals surface area contributed by atoms with Gasteiger partial charge in [-0.1, -0.05) is 6.07 Å². The summed E-state index contributed by atoms with van der Waals surface area (Å²) in [5.41, 5.74) is 2.11. The van der Waals surface area contributed by atoms with Crippen LogP contribution in [-0.4, -0.2) is 53.2 Å². The first-order valence-corrected chi connectivity index (χ1v) is 8.02. The van der Waals surface area contributed by atoms with E-state index in [2.05, 4.69) is 31.2 Å². The van der Waals surface area contributed by atoms with Crippen LogP contribution in [-0.2, 0) is 17.7 Å². The van der Waals surface area contributed by atoms with Crippen LogP contribution in [0.25, 0.3) is 0 Å². The molecule has 0 spiro atoms. The van der Waals surface area contributed by atoms with Crippen molar-refractivity contribution in [1.29, 1.82) is 0 Å². The molecule has 0 bridgehead atoms. The van der Waals surface area contributed by atoms with E-state index in [-0.39, 0.29) is 0 Å². The summed E-state index contributed by atoms with van der Waals surface area (Å²) in [6, 6.07) is 6.06. The maximum absolute atomic E-state index is 5.78. The fourth-order valence-corrected chi connectivity index (χ4v) is 2.86. The van der Waals surface area contributed by atoms with Gasteiger partial charge in [-0.25, -0.2) is 4.98 Å². The van der Waals surface area contributed by atoms with Gasteiger partial charge in [0.15, 0.2) is 0 Å². The van der Waals surface area contributed by atoms with E-state index >= 15 is 0 Å². The molecule has 3 rings (SSSR count). The van der Waals surface area contributed by atoms with Gasteiger partial charge in [-0.2, -0.15) is 0 Å². The minimum atomic E-state index is 0.419. The van der Waals surface area contributed by atoms with E-state index in [4.69, 9.17) is 4.74 Å². The molecule has 0 amide bonds. The van der Waals surface area contributed by atoms with E-state index in [1.54, 1.807) is 6.20 Å². The lowest BCUT2D eigenvalue weighted by Crippen LogP contribution is -2.31. The molecule has 6 heteroatoms. The Morgan fingerprint density at radius 2 is 2.26 bits per heavy atom. The lowest BCUT2D eigenvalue weighted by atomic mass is 10.0. The van der Waals surface area contributed by atoms with Gasteiger partial charge in [0, 0.05) is 45.0 Å². The second-order valence-corrected chi connectivity index (χ2v) is 5.85. The van der Waals surface area contributed by atoms with Gasteiger partial charge in [0.2, 0.25) is 0 Å². The van der Waals surface area contributed by atoms with E-state index < -0.39 is 0 Å². The quantitative estimate of drug-likeness (QED) is 0.905. The van der Waals surface area contributed by atoms with E-state index in [0.29, 0.717) is 5.92 Å². The number of ether oxygens (including phenoxy) is 1. The third kappa shape index (κ3) is 4.71. The maximum atomic E-state index is 5.78. The van der Waals surface area contributed by atoms with Crippen molar-refractivity contribution in [3.8, 4) is 0 Å². The molecule has 2 aromatic rings. The molecule has 1 N–H and O–H groups in total. The van der Waals surface area contributed by atoms with Gasteiger partial charge < -0.3 is 10.1 Å². The predicted octanol–water partition coefficient (Wildman–Crippen LogP) is 1.60. The molecule has 2 aromatic heterocycles. The average molecular weight is 313 g/mol. The first-order chi connectivity index (χ1) is 11.3. The predicted molar refractivity (Wildman–Crippen MR) is 89.1 cm³/mol. The highest BCUT2D eigenvalue weighted by Gasteiger charge is 2.20. The second-order valence-electron chi connectivity index (χ2n) is 5.85.